The monoisotopic (exact) mass is 236 g/mol. The molecule has 0 heterocycles. The zero-order chi connectivity index (χ0) is 12.5. The normalized spacial score (nSPS) is 10.6. The second kappa shape index (κ2) is 7.46. The molecule has 0 fully saturated rings. The van der Waals surface area contributed by atoms with Crippen LogP contribution in [-0.2, 0) is 9.53 Å². The number of carboxylic acid groups (broad SMARTS) is 1. The Morgan fingerprint density at radius 3 is 2.59 bits per heavy atom. The van der Waals surface area contributed by atoms with Gasteiger partial charge < -0.3 is 14.6 Å². The molecule has 1 N–H and O–H groups in total. The van der Waals surface area contributed by atoms with Crippen LogP contribution in [0.1, 0.15) is 12.5 Å². The van der Waals surface area contributed by atoms with Crippen molar-refractivity contribution in [3.8, 4) is 5.75 Å². The topological polar surface area (TPSA) is 55.8 Å². The summed E-state index contributed by atoms with van der Waals surface area (Å²) in [5, 5.41) is 8.47. The Morgan fingerprint density at radius 2 is 2.00 bits per heavy atom. The van der Waals surface area contributed by atoms with Crippen LogP contribution < -0.4 is 4.74 Å². The molecule has 4 nitrogen and oxygen atoms in total. The zero-order valence-electron chi connectivity index (χ0n) is 9.76. The molecule has 0 atom stereocenters. The van der Waals surface area contributed by atoms with Gasteiger partial charge in [-0.15, -0.1) is 0 Å². The smallest absolute Gasteiger partial charge is 0.328 e. The third-order valence-corrected chi connectivity index (χ3v) is 2.00. The molecular weight excluding hydrogens is 220 g/mol. The quantitative estimate of drug-likeness (QED) is 0.582. The van der Waals surface area contributed by atoms with Crippen LogP contribution in [-0.4, -0.2) is 30.9 Å². The van der Waals surface area contributed by atoms with Gasteiger partial charge in [-0.25, -0.2) is 4.79 Å². The van der Waals surface area contributed by atoms with Crippen molar-refractivity contribution in [3.05, 3.63) is 35.9 Å². The van der Waals surface area contributed by atoms with Gasteiger partial charge in [0.25, 0.3) is 0 Å². The molecule has 0 bridgehead atoms. The standard InChI is InChI=1S/C13H16O4/c1-2-16-9-10-17-12-6-3-11(4-7-12)5-8-13(14)15/h3-8H,2,9-10H2,1H3,(H,14,15)/b8-5+. The SMILES string of the molecule is CCOCCOc1ccc(/C=C/C(=O)O)cc1. The van der Waals surface area contributed by atoms with Gasteiger partial charge in [-0.2, -0.15) is 0 Å². The highest BCUT2D eigenvalue weighted by molar-refractivity contribution is 5.85. The summed E-state index contributed by atoms with van der Waals surface area (Å²) in [5.74, 6) is -0.209. The third kappa shape index (κ3) is 5.73. The molecule has 0 aliphatic rings. The fourth-order valence-corrected chi connectivity index (χ4v) is 1.21. The number of rotatable bonds is 7. The van der Waals surface area contributed by atoms with Crippen LogP contribution in [0.25, 0.3) is 6.08 Å². The molecule has 0 unspecified atom stereocenters. The molecule has 1 aromatic carbocycles. The van der Waals surface area contributed by atoms with Crippen molar-refractivity contribution < 1.29 is 19.4 Å². The van der Waals surface area contributed by atoms with Gasteiger partial charge in [0.05, 0.1) is 6.61 Å². The number of hydrogen-bond acceptors (Lipinski definition) is 3. The predicted octanol–water partition coefficient (Wildman–Crippen LogP) is 2.20. The number of aliphatic carboxylic acids is 1. The van der Waals surface area contributed by atoms with Gasteiger partial charge in [-0.3, -0.25) is 0 Å². The first kappa shape index (κ1) is 13.3. The lowest BCUT2D eigenvalue weighted by atomic mass is 10.2. The summed E-state index contributed by atoms with van der Waals surface area (Å²) in [7, 11) is 0. The summed E-state index contributed by atoms with van der Waals surface area (Å²) in [5.41, 5.74) is 0.824. The van der Waals surface area contributed by atoms with E-state index < -0.39 is 5.97 Å². The Balaban J connectivity index is 2.42. The molecule has 0 aromatic heterocycles. The average Bonchev–Trinajstić information content (AvgIpc) is 2.33. The number of carbonyl (C=O) groups is 1. The van der Waals surface area contributed by atoms with Crippen LogP contribution >= 0.6 is 0 Å². The lowest BCUT2D eigenvalue weighted by Crippen LogP contribution is -2.06. The lowest BCUT2D eigenvalue weighted by Gasteiger charge is -2.06. The highest BCUT2D eigenvalue weighted by Crippen LogP contribution is 2.13. The van der Waals surface area contributed by atoms with E-state index in [1.165, 1.54) is 6.08 Å². The minimum absolute atomic E-state index is 0.512. The highest BCUT2D eigenvalue weighted by Gasteiger charge is 1.94. The van der Waals surface area contributed by atoms with Crippen molar-refractivity contribution >= 4 is 12.0 Å². The predicted molar refractivity (Wildman–Crippen MR) is 65.1 cm³/mol. The molecule has 0 amide bonds. The second-order valence-electron chi connectivity index (χ2n) is 3.29. The molecule has 0 radical (unpaired) electrons. The Morgan fingerprint density at radius 1 is 1.29 bits per heavy atom. The first-order valence-corrected chi connectivity index (χ1v) is 5.44. The van der Waals surface area contributed by atoms with Crippen molar-refractivity contribution in [2.75, 3.05) is 19.8 Å². The summed E-state index contributed by atoms with van der Waals surface area (Å²) >= 11 is 0. The van der Waals surface area contributed by atoms with E-state index in [0.29, 0.717) is 19.8 Å². The van der Waals surface area contributed by atoms with Crippen LogP contribution in [0.15, 0.2) is 30.3 Å². The van der Waals surface area contributed by atoms with E-state index in [2.05, 4.69) is 0 Å². The first-order valence-electron chi connectivity index (χ1n) is 5.44. The van der Waals surface area contributed by atoms with E-state index in [0.717, 1.165) is 17.4 Å². The minimum atomic E-state index is -0.956. The molecule has 1 rings (SSSR count). The van der Waals surface area contributed by atoms with Gasteiger partial charge in [-0.05, 0) is 30.7 Å². The molecule has 0 saturated heterocycles. The van der Waals surface area contributed by atoms with E-state index in [4.69, 9.17) is 14.6 Å². The maximum Gasteiger partial charge on any atom is 0.328 e. The van der Waals surface area contributed by atoms with Crippen LogP contribution in [0.4, 0.5) is 0 Å². The third-order valence-electron chi connectivity index (χ3n) is 2.00. The Hall–Kier alpha value is -1.81. The Kier molecular flexibility index (Phi) is 5.82. The van der Waals surface area contributed by atoms with Crippen LogP contribution in [0.5, 0.6) is 5.75 Å². The van der Waals surface area contributed by atoms with Gasteiger partial charge >= 0.3 is 5.97 Å². The molecule has 0 aliphatic heterocycles. The largest absolute Gasteiger partial charge is 0.491 e. The Bertz CT molecular complexity index is 368. The zero-order valence-corrected chi connectivity index (χ0v) is 9.76. The maximum atomic E-state index is 10.3. The molecule has 4 heteroatoms. The van der Waals surface area contributed by atoms with Gasteiger partial charge in [0.2, 0.25) is 0 Å². The molecule has 1 aromatic rings. The summed E-state index contributed by atoms with van der Waals surface area (Å²) in [6.45, 7) is 3.70. The molecule has 17 heavy (non-hydrogen) atoms. The molecular formula is C13H16O4. The number of ether oxygens (including phenoxy) is 2. The summed E-state index contributed by atoms with van der Waals surface area (Å²) in [6.07, 6.45) is 2.64. The van der Waals surface area contributed by atoms with Crippen molar-refractivity contribution in [2.45, 2.75) is 6.92 Å². The lowest BCUT2D eigenvalue weighted by molar-refractivity contribution is -0.131. The fourth-order valence-electron chi connectivity index (χ4n) is 1.21. The average molecular weight is 236 g/mol. The van der Waals surface area contributed by atoms with E-state index in [-0.39, 0.29) is 0 Å². The van der Waals surface area contributed by atoms with Gasteiger partial charge in [-0.1, -0.05) is 12.1 Å². The van der Waals surface area contributed by atoms with E-state index in [1.807, 2.05) is 6.92 Å². The van der Waals surface area contributed by atoms with Crippen LogP contribution in [0.2, 0.25) is 0 Å². The molecule has 0 saturated carbocycles. The van der Waals surface area contributed by atoms with Crippen molar-refractivity contribution in [1.82, 2.24) is 0 Å². The summed E-state index contributed by atoms with van der Waals surface area (Å²) in [6, 6.07) is 7.20. The Labute approximate surface area is 100 Å². The van der Waals surface area contributed by atoms with E-state index in [1.54, 1.807) is 24.3 Å². The maximum absolute atomic E-state index is 10.3. The van der Waals surface area contributed by atoms with Crippen LogP contribution in [0.3, 0.4) is 0 Å². The van der Waals surface area contributed by atoms with Gasteiger partial charge in [0, 0.05) is 12.7 Å². The summed E-state index contributed by atoms with van der Waals surface area (Å²) in [4.78, 5) is 10.3. The molecule has 92 valence electrons. The van der Waals surface area contributed by atoms with Crippen molar-refractivity contribution in [1.29, 1.82) is 0 Å². The number of carboxylic acids is 1. The van der Waals surface area contributed by atoms with E-state index >= 15 is 0 Å². The van der Waals surface area contributed by atoms with Gasteiger partial charge in [0.15, 0.2) is 0 Å². The fraction of sp³-hybridized carbons (Fsp3) is 0.308. The van der Waals surface area contributed by atoms with Crippen molar-refractivity contribution in [3.63, 3.8) is 0 Å². The summed E-state index contributed by atoms with van der Waals surface area (Å²) < 4.78 is 10.6. The molecule has 0 aliphatic carbocycles. The number of hydrogen-bond donors (Lipinski definition) is 1. The van der Waals surface area contributed by atoms with E-state index in [9.17, 15) is 4.79 Å². The highest BCUT2D eigenvalue weighted by atomic mass is 16.5. The minimum Gasteiger partial charge on any atom is -0.491 e. The van der Waals surface area contributed by atoms with Gasteiger partial charge in [0.1, 0.15) is 12.4 Å². The van der Waals surface area contributed by atoms with Crippen LogP contribution in [0, 0.1) is 0 Å². The second-order valence-corrected chi connectivity index (χ2v) is 3.29. The van der Waals surface area contributed by atoms with Crippen molar-refractivity contribution in [2.24, 2.45) is 0 Å². The molecule has 0 spiro atoms. The number of benzene rings is 1. The first-order chi connectivity index (χ1) is 8.22.